The van der Waals surface area contributed by atoms with Gasteiger partial charge in [0.05, 0.1) is 0 Å². The molecule has 0 aromatic carbocycles. The Kier molecular flexibility index (Phi) is 5.10. The van der Waals surface area contributed by atoms with Gasteiger partial charge < -0.3 is 15.5 Å². The highest BCUT2D eigenvalue weighted by Crippen LogP contribution is 2.11. The fourth-order valence-corrected chi connectivity index (χ4v) is 2.33. The molecule has 2 rings (SSSR count). The van der Waals surface area contributed by atoms with Crippen molar-refractivity contribution in [2.45, 2.75) is 32.7 Å². The lowest BCUT2D eigenvalue weighted by atomic mass is 10.1. The van der Waals surface area contributed by atoms with Crippen molar-refractivity contribution in [3.63, 3.8) is 0 Å². The fourth-order valence-electron chi connectivity index (χ4n) is 2.33. The predicted molar refractivity (Wildman–Crippen MR) is 78.3 cm³/mol. The SMILES string of the molecule is CCC(N)Cc1cnc(N2CCN(CC)CC2)nc1. The van der Waals surface area contributed by atoms with Crippen LogP contribution in [0.25, 0.3) is 0 Å². The van der Waals surface area contributed by atoms with Crippen LogP contribution in [0.3, 0.4) is 0 Å². The smallest absolute Gasteiger partial charge is 0.225 e. The van der Waals surface area contributed by atoms with Crippen LogP contribution in [0.1, 0.15) is 25.8 Å². The van der Waals surface area contributed by atoms with E-state index >= 15 is 0 Å². The van der Waals surface area contributed by atoms with Crippen molar-refractivity contribution in [3.05, 3.63) is 18.0 Å². The fraction of sp³-hybridized carbons (Fsp3) is 0.714. The van der Waals surface area contributed by atoms with Crippen molar-refractivity contribution in [2.24, 2.45) is 5.73 Å². The standard InChI is InChI=1S/C14H25N5/c1-3-13(15)9-12-10-16-14(17-11-12)19-7-5-18(4-2)6-8-19/h10-11,13H,3-9,15H2,1-2H3. The summed E-state index contributed by atoms with van der Waals surface area (Å²) in [6.07, 6.45) is 5.69. The van der Waals surface area contributed by atoms with Crippen LogP contribution in [0, 0.1) is 0 Å². The minimum atomic E-state index is 0.211. The van der Waals surface area contributed by atoms with E-state index in [9.17, 15) is 0 Å². The second kappa shape index (κ2) is 6.82. The molecule has 1 saturated heterocycles. The maximum Gasteiger partial charge on any atom is 0.225 e. The van der Waals surface area contributed by atoms with Crippen molar-refractivity contribution >= 4 is 5.95 Å². The van der Waals surface area contributed by atoms with Crippen LogP contribution in [-0.2, 0) is 6.42 Å². The third kappa shape index (κ3) is 3.88. The summed E-state index contributed by atoms with van der Waals surface area (Å²) >= 11 is 0. The van der Waals surface area contributed by atoms with Gasteiger partial charge in [-0.05, 0) is 24.9 Å². The molecule has 0 radical (unpaired) electrons. The molecule has 1 aromatic heterocycles. The van der Waals surface area contributed by atoms with Crippen LogP contribution in [0.15, 0.2) is 12.4 Å². The normalized spacial score (nSPS) is 18.6. The van der Waals surface area contributed by atoms with E-state index in [1.807, 2.05) is 12.4 Å². The van der Waals surface area contributed by atoms with Gasteiger partial charge in [0.15, 0.2) is 0 Å². The van der Waals surface area contributed by atoms with Crippen LogP contribution in [-0.4, -0.2) is 53.6 Å². The number of aromatic nitrogens is 2. The molecular formula is C14H25N5. The van der Waals surface area contributed by atoms with Crippen LogP contribution < -0.4 is 10.6 Å². The van der Waals surface area contributed by atoms with E-state index in [1.165, 1.54) is 0 Å². The summed E-state index contributed by atoms with van der Waals surface area (Å²) in [5.74, 6) is 0.851. The van der Waals surface area contributed by atoms with E-state index < -0.39 is 0 Å². The van der Waals surface area contributed by atoms with Crippen molar-refractivity contribution in [3.8, 4) is 0 Å². The predicted octanol–water partition coefficient (Wildman–Crippen LogP) is 0.898. The quantitative estimate of drug-likeness (QED) is 0.855. The molecule has 0 saturated carbocycles. The minimum Gasteiger partial charge on any atom is -0.338 e. The van der Waals surface area contributed by atoms with Gasteiger partial charge in [0.25, 0.3) is 0 Å². The van der Waals surface area contributed by atoms with Gasteiger partial charge in [-0.15, -0.1) is 0 Å². The highest BCUT2D eigenvalue weighted by molar-refractivity contribution is 5.30. The summed E-state index contributed by atoms with van der Waals surface area (Å²) in [6.45, 7) is 9.67. The molecular weight excluding hydrogens is 238 g/mol. The Labute approximate surface area is 115 Å². The van der Waals surface area contributed by atoms with Crippen LogP contribution in [0.4, 0.5) is 5.95 Å². The van der Waals surface area contributed by atoms with E-state index in [2.05, 4.69) is 33.6 Å². The van der Waals surface area contributed by atoms with Gasteiger partial charge in [0, 0.05) is 44.6 Å². The van der Waals surface area contributed by atoms with Crippen LogP contribution in [0.2, 0.25) is 0 Å². The molecule has 1 aliphatic rings. The molecule has 5 heteroatoms. The Morgan fingerprint density at radius 1 is 1.16 bits per heavy atom. The molecule has 0 amide bonds. The van der Waals surface area contributed by atoms with E-state index in [0.29, 0.717) is 0 Å². The summed E-state index contributed by atoms with van der Waals surface area (Å²) in [5, 5.41) is 0. The van der Waals surface area contributed by atoms with Gasteiger partial charge in [-0.2, -0.15) is 0 Å². The third-order valence-corrected chi connectivity index (χ3v) is 3.82. The van der Waals surface area contributed by atoms with Crippen LogP contribution in [0.5, 0.6) is 0 Å². The Balaban J connectivity index is 1.91. The molecule has 0 spiro atoms. The van der Waals surface area contributed by atoms with E-state index in [4.69, 9.17) is 5.73 Å². The van der Waals surface area contributed by atoms with Crippen molar-refractivity contribution in [2.75, 3.05) is 37.6 Å². The first-order valence-corrected chi connectivity index (χ1v) is 7.26. The second-order valence-corrected chi connectivity index (χ2v) is 5.19. The summed E-state index contributed by atoms with van der Waals surface area (Å²) in [7, 11) is 0. The zero-order valence-corrected chi connectivity index (χ0v) is 12.0. The molecule has 19 heavy (non-hydrogen) atoms. The lowest BCUT2D eigenvalue weighted by molar-refractivity contribution is 0.270. The largest absolute Gasteiger partial charge is 0.338 e. The monoisotopic (exact) mass is 263 g/mol. The van der Waals surface area contributed by atoms with Gasteiger partial charge in [0.1, 0.15) is 0 Å². The molecule has 1 atom stereocenters. The third-order valence-electron chi connectivity index (χ3n) is 3.82. The second-order valence-electron chi connectivity index (χ2n) is 5.19. The molecule has 2 N–H and O–H groups in total. The molecule has 5 nitrogen and oxygen atoms in total. The van der Waals surface area contributed by atoms with E-state index in [1.54, 1.807) is 0 Å². The molecule has 106 valence electrons. The molecule has 1 fully saturated rings. The molecule has 2 heterocycles. The molecule has 1 aliphatic heterocycles. The number of piperazine rings is 1. The van der Waals surface area contributed by atoms with Crippen molar-refractivity contribution < 1.29 is 0 Å². The van der Waals surface area contributed by atoms with Gasteiger partial charge in [-0.25, -0.2) is 9.97 Å². The topological polar surface area (TPSA) is 58.3 Å². The molecule has 1 aromatic rings. The van der Waals surface area contributed by atoms with Gasteiger partial charge in [0.2, 0.25) is 5.95 Å². The maximum absolute atomic E-state index is 5.94. The minimum absolute atomic E-state index is 0.211. The number of anilines is 1. The Hall–Kier alpha value is -1.20. The molecule has 0 aliphatic carbocycles. The summed E-state index contributed by atoms with van der Waals surface area (Å²) in [5.41, 5.74) is 7.07. The average molecular weight is 263 g/mol. The number of rotatable bonds is 5. The highest BCUT2D eigenvalue weighted by atomic mass is 15.3. The lowest BCUT2D eigenvalue weighted by Crippen LogP contribution is -2.46. The van der Waals surface area contributed by atoms with E-state index in [0.717, 1.165) is 57.1 Å². The number of nitrogens with two attached hydrogens (primary N) is 1. The zero-order chi connectivity index (χ0) is 13.7. The first kappa shape index (κ1) is 14.2. The number of likely N-dealkylation sites (N-methyl/N-ethyl adjacent to an activating group) is 1. The molecule has 1 unspecified atom stereocenters. The van der Waals surface area contributed by atoms with Gasteiger partial charge >= 0.3 is 0 Å². The van der Waals surface area contributed by atoms with Gasteiger partial charge in [-0.1, -0.05) is 13.8 Å². The summed E-state index contributed by atoms with van der Waals surface area (Å²) in [6, 6.07) is 0.211. The van der Waals surface area contributed by atoms with Gasteiger partial charge in [-0.3, -0.25) is 0 Å². The van der Waals surface area contributed by atoms with E-state index in [-0.39, 0.29) is 6.04 Å². The first-order chi connectivity index (χ1) is 9.22. The number of nitrogens with zero attached hydrogens (tertiary/aromatic N) is 4. The number of hydrogen-bond acceptors (Lipinski definition) is 5. The Bertz CT molecular complexity index is 370. The average Bonchev–Trinajstić information content (AvgIpc) is 2.48. The van der Waals surface area contributed by atoms with Crippen molar-refractivity contribution in [1.29, 1.82) is 0 Å². The van der Waals surface area contributed by atoms with Crippen LogP contribution >= 0.6 is 0 Å². The Morgan fingerprint density at radius 3 is 2.32 bits per heavy atom. The number of hydrogen-bond donors (Lipinski definition) is 1. The molecule has 0 bridgehead atoms. The van der Waals surface area contributed by atoms with Crippen molar-refractivity contribution in [1.82, 2.24) is 14.9 Å². The summed E-state index contributed by atoms with van der Waals surface area (Å²) < 4.78 is 0. The summed E-state index contributed by atoms with van der Waals surface area (Å²) in [4.78, 5) is 13.7. The lowest BCUT2D eigenvalue weighted by Gasteiger charge is -2.33. The Morgan fingerprint density at radius 2 is 1.79 bits per heavy atom. The maximum atomic E-state index is 5.94. The zero-order valence-electron chi connectivity index (χ0n) is 12.0. The first-order valence-electron chi connectivity index (χ1n) is 7.26. The highest BCUT2D eigenvalue weighted by Gasteiger charge is 2.17.